The monoisotopic (exact) mass is 312 g/mol. The summed E-state index contributed by atoms with van der Waals surface area (Å²) in [6, 6.07) is 7.84. The van der Waals surface area contributed by atoms with Crippen molar-refractivity contribution < 1.29 is 22.0 Å². The van der Waals surface area contributed by atoms with Gasteiger partial charge >= 0.3 is 0 Å². The summed E-state index contributed by atoms with van der Waals surface area (Å²) in [6.07, 6.45) is 0. The van der Waals surface area contributed by atoms with Crippen LogP contribution in [0.1, 0.15) is 10.4 Å². The molecule has 0 saturated carbocycles. The molecule has 8 heteroatoms. The van der Waals surface area contributed by atoms with Gasteiger partial charge in [0.15, 0.2) is 0 Å². The molecule has 0 saturated heterocycles. The van der Waals surface area contributed by atoms with Crippen molar-refractivity contribution in [1.82, 2.24) is 0 Å². The lowest BCUT2D eigenvalue weighted by Crippen LogP contribution is -2.19. The molecule has 0 heterocycles. The van der Waals surface area contributed by atoms with E-state index in [9.17, 15) is 22.0 Å². The van der Waals surface area contributed by atoms with Gasteiger partial charge < -0.3 is 5.32 Å². The van der Waals surface area contributed by atoms with Crippen molar-refractivity contribution >= 4 is 21.6 Å². The molecule has 110 valence electrons. The molecule has 0 aliphatic rings. The number of para-hydroxylation sites is 1. The molecule has 2 aromatic rings. The zero-order valence-corrected chi connectivity index (χ0v) is 11.3. The molecular formula is C13H10F2N2O3S. The third kappa shape index (κ3) is 3.41. The standard InChI is InChI=1S/C13H10F2N2O3S/c14-8-5-6-9(10(15)7-8)13(18)17-11-3-1-2-4-12(11)21(16,19)20/h1-7H,(H,17,18)(H2,16,19,20). The van der Waals surface area contributed by atoms with Gasteiger partial charge in [-0.1, -0.05) is 12.1 Å². The van der Waals surface area contributed by atoms with Gasteiger partial charge in [-0.25, -0.2) is 22.3 Å². The second-order valence-electron chi connectivity index (χ2n) is 4.12. The van der Waals surface area contributed by atoms with Gasteiger partial charge in [-0.05, 0) is 24.3 Å². The average Bonchev–Trinajstić information content (AvgIpc) is 2.37. The van der Waals surface area contributed by atoms with Gasteiger partial charge in [0.05, 0.1) is 11.3 Å². The smallest absolute Gasteiger partial charge is 0.258 e. The summed E-state index contributed by atoms with van der Waals surface area (Å²) >= 11 is 0. The number of carbonyl (C=O) groups excluding carboxylic acids is 1. The Labute approximate surface area is 119 Å². The van der Waals surface area contributed by atoms with E-state index in [1.54, 1.807) is 0 Å². The van der Waals surface area contributed by atoms with Crippen LogP contribution in [-0.4, -0.2) is 14.3 Å². The van der Waals surface area contributed by atoms with E-state index in [0.29, 0.717) is 6.07 Å². The molecule has 0 spiro atoms. The third-order valence-electron chi connectivity index (χ3n) is 2.62. The van der Waals surface area contributed by atoms with E-state index < -0.39 is 33.1 Å². The first kappa shape index (κ1) is 15.1. The van der Waals surface area contributed by atoms with Crippen molar-refractivity contribution in [3.05, 3.63) is 59.7 Å². The van der Waals surface area contributed by atoms with Crippen LogP contribution < -0.4 is 10.5 Å². The van der Waals surface area contributed by atoms with Crippen LogP contribution in [0.3, 0.4) is 0 Å². The Bertz CT molecular complexity index is 807. The maximum Gasteiger partial charge on any atom is 0.258 e. The summed E-state index contributed by atoms with van der Waals surface area (Å²) in [4.78, 5) is 11.6. The Morgan fingerprint density at radius 1 is 1.10 bits per heavy atom. The number of hydrogen-bond acceptors (Lipinski definition) is 3. The molecule has 0 aromatic heterocycles. The minimum Gasteiger partial charge on any atom is -0.321 e. The second-order valence-corrected chi connectivity index (χ2v) is 5.65. The SMILES string of the molecule is NS(=O)(=O)c1ccccc1NC(=O)c1ccc(F)cc1F. The molecule has 1 amide bonds. The number of anilines is 1. The molecule has 0 aliphatic carbocycles. The summed E-state index contributed by atoms with van der Waals surface area (Å²) in [5.41, 5.74) is -0.505. The van der Waals surface area contributed by atoms with E-state index in [1.807, 2.05) is 0 Å². The molecular weight excluding hydrogens is 302 g/mol. The number of amides is 1. The number of halogens is 2. The molecule has 3 N–H and O–H groups in total. The number of carbonyl (C=O) groups is 1. The molecule has 2 rings (SSSR count). The van der Waals surface area contributed by atoms with Crippen molar-refractivity contribution in [3.8, 4) is 0 Å². The summed E-state index contributed by atoms with van der Waals surface area (Å²) in [7, 11) is -4.05. The fraction of sp³-hybridized carbons (Fsp3) is 0. The molecule has 0 atom stereocenters. The fourth-order valence-corrected chi connectivity index (χ4v) is 2.38. The third-order valence-corrected chi connectivity index (χ3v) is 3.59. The van der Waals surface area contributed by atoms with E-state index in [4.69, 9.17) is 5.14 Å². The number of sulfonamides is 1. The molecule has 2 aromatic carbocycles. The van der Waals surface area contributed by atoms with Crippen LogP contribution >= 0.6 is 0 Å². The summed E-state index contributed by atoms with van der Waals surface area (Å²) in [5, 5.41) is 7.25. The van der Waals surface area contributed by atoms with Crippen LogP contribution in [0.15, 0.2) is 47.4 Å². The van der Waals surface area contributed by atoms with Crippen LogP contribution in [0.4, 0.5) is 14.5 Å². The van der Waals surface area contributed by atoms with Crippen LogP contribution in [0.25, 0.3) is 0 Å². The molecule has 0 unspecified atom stereocenters. The highest BCUT2D eigenvalue weighted by atomic mass is 32.2. The zero-order valence-electron chi connectivity index (χ0n) is 10.5. The van der Waals surface area contributed by atoms with Crippen LogP contribution in [0.2, 0.25) is 0 Å². The Hall–Kier alpha value is -2.32. The zero-order chi connectivity index (χ0) is 15.6. The van der Waals surface area contributed by atoms with Gasteiger partial charge in [-0.2, -0.15) is 0 Å². The lowest BCUT2D eigenvalue weighted by Gasteiger charge is -2.10. The number of benzene rings is 2. The highest BCUT2D eigenvalue weighted by Gasteiger charge is 2.18. The average molecular weight is 312 g/mol. The first-order valence-electron chi connectivity index (χ1n) is 5.67. The number of nitrogens with two attached hydrogens (primary N) is 1. The fourth-order valence-electron chi connectivity index (χ4n) is 1.68. The van der Waals surface area contributed by atoms with Gasteiger partial charge in [0.1, 0.15) is 16.5 Å². The van der Waals surface area contributed by atoms with Crippen molar-refractivity contribution in [2.75, 3.05) is 5.32 Å². The van der Waals surface area contributed by atoms with E-state index in [-0.39, 0.29) is 10.6 Å². The Morgan fingerprint density at radius 2 is 1.76 bits per heavy atom. The Morgan fingerprint density at radius 3 is 2.38 bits per heavy atom. The first-order valence-corrected chi connectivity index (χ1v) is 7.22. The Balaban J connectivity index is 2.37. The molecule has 0 fully saturated rings. The highest BCUT2D eigenvalue weighted by Crippen LogP contribution is 2.20. The first-order chi connectivity index (χ1) is 9.79. The predicted octanol–water partition coefficient (Wildman–Crippen LogP) is 1.86. The minimum absolute atomic E-state index is 0.0891. The van der Waals surface area contributed by atoms with E-state index in [1.165, 1.54) is 24.3 Å². The van der Waals surface area contributed by atoms with Crippen molar-refractivity contribution in [3.63, 3.8) is 0 Å². The molecule has 21 heavy (non-hydrogen) atoms. The van der Waals surface area contributed by atoms with Gasteiger partial charge in [-0.3, -0.25) is 4.79 Å². The number of hydrogen-bond donors (Lipinski definition) is 2. The van der Waals surface area contributed by atoms with E-state index in [2.05, 4.69) is 5.32 Å². The maximum atomic E-state index is 13.5. The number of primary sulfonamides is 1. The maximum absolute atomic E-state index is 13.5. The molecule has 5 nitrogen and oxygen atoms in total. The van der Waals surface area contributed by atoms with Crippen molar-refractivity contribution in [2.24, 2.45) is 5.14 Å². The normalized spacial score (nSPS) is 11.2. The topological polar surface area (TPSA) is 89.3 Å². The van der Waals surface area contributed by atoms with Crippen LogP contribution in [0, 0.1) is 11.6 Å². The van der Waals surface area contributed by atoms with Crippen LogP contribution in [-0.2, 0) is 10.0 Å². The van der Waals surface area contributed by atoms with E-state index in [0.717, 1.165) is 12.1 Å². The lowest BCUT2D eigenvalue weighted by atomic mass is 10.2. The molecule has 0 aliphatic heterocycles. The number of nitrogens with one attached hydrogen (secondary N) is 1. The summed E-state index contributed by atoms with van der Waals surface area (Å²) < 4.78 is 49.1. The number of rotatable bonds is 3. The van der Waals surface area contributed by atoms with Gasteiger partial charge in [0.2, 0.25) is 10.0 Å². The van der Waals surface area contributed by atoms with Crippen LogP contribution in [0.5, 0.6) is 0 Å². The predicted molar refractivity (Wildman–Crippen MR) is 72.1 cm³/mol. The molecule has 0 bridgehead atoms. The Kier molecular flexibility index (Phi) is 4.01. The van der Waals surface area contributed by atoms with Gasteiger partial charge in [0.25, 0.3) is 5.91 Å². The lowest BCUT2D eigenvalue weighted by molar-refractivity contribution is 0.102. The summed E-state index contributed by atoms with van der Waals surface area (Å²) in [5.74, 6) is -2.79. The second kappa shape index (κ2) is 5.58. The van der Waals surface area contributed by atoms with Crippen molar-refractivity contribution in [1.29, 1.82) is 0 Å². The summed E-state index contributed by atoms with van der Waals surface area (Å²) in [6.45, 7) is 0. The van der Waals surface area contributed by atoms with Gasteiger partial charge in [0, 0.05) is 6.07 Å². The van der Waals surface area contributed by atoms with Crippen molar-refractivity contribution in [2.45, 2.75) is 4.90 Å². The largest absolute Gasteiger partial charge is 0.321 e. The quantitative estimate of drug-likeness (QED) is 0.906. The minimum atomic E-state index is -4.05. The molecule has 0 radical (unpaired) electrons. The van der Waals surface area contributed by atoms with E-state index >= 15 is 0 Å². The van der Waals surface area contributed by atoms with Gasteiger partial charge in [-0.15, -0.1) is 0 Å². The highest BCUT2D eigenvalue weighted by molar-refractivity contribution is 7.89.